The second kappa shape index (κ2) is 8.49. The molecule has 0 bridgehead atoms. The molecule has 174 valence electrons. The zero-order chi connectivity index (χ0) is 23.2. The number of urea groups is 1. The second-order valence-electron chi connectivity index (χ2n) is 9.90. The highest BCUT2D eigenvalue weighted by Gasteiger charge is 2.59. The third kappa shape index (κ3) is 3.70. The first-order chi connectivity index (χ1) is 15.9. The third-order valence-corrected chi connectivity index (χ3v) is 7.82. The van der Waals surface area contributed by atoms with Crippen LogP contribution in [0.1, 0.15) is 36.5 Å². The van der Waals surface area contributed by atoms with Crippen LogP contribution in [0.25, 0.3) is 0 Å². The molecule has 2 aromatic carbocycles. The molecule has 3 amide bonds. The van der Waals surface area contributed by atoms with E-state index in [1.54, 1.807) is 4.90 Å². The van der Waals surface area contributed by atoms with E-state index in [9.17, 15) is 9.59 Å². The van der Waals surface area contributed by atoms with E-state index < -0.39 is 5.54 Å². The van der Waals surface area contributed by atoms with Gasteiger partial charge in [-0.3, -0.25) is 14.6 Å². The van der Waals surface area contributed by atoms with Crippen molar-refractivity contribution in [3.05, 3.63) is 65.2 Å². The van der Waals surface area contributed by atoms with E-state index in [2.05, 4.69) is 46.2 Å². The van der Waals surface area contributed by atoms with Gasteiger partial charge >= 0.3 is 6.03 Å². The van der Waals surface area contributed by atoms with Crippen LogP contribution in [0, 0.1) is 0 Å². The first-order valence-electron chi connectivity index (χ1n) is 12.1. The average Bonchev–Trinajstić information content (AvgIpc) is 3.32. The van der Waals surface area contributed by atoms with Crippen molar-refractivity contribution in [1.29, 1.82) is 0 Å². The van der Waals surface area contributed by atoms with E-state index in [-0.39, 0.29) is 18.0 Å². The highest BCUT2D eigenvalue weighted by molar-refractivity contribution is 6.07. The van der Waals surface area contributed by atoms with Gasteiger partial charge in [0.1, 0.15) is 5.54 Å². The predicted molar refractivity (Wildman–Crippen MR) is 130 cm³/mol. The van der Waals surface area contributed by atoms with Crippen LogP contribution in [0.4, 0.5) is 10.5 Å². The zero-order valence-electron chi connectivity index (χ0n) is 20.0. The lowest BCUT2D eigenvalue weighted by molar-refractivity contribution is -0.137. The van der Waals surface area contributed by atoms with Gasteiger partial charge in [0.05, 0.1) is 0 Å². The number of fused-ring (bicyclic) bond motifs is 1. The Balaban J connectivity index is 1.28. The fourth-order valence-corrected chi connectivity index (χ4v) is 5.94. The van der Waals surface area contributed by atoms with Crippen LogP contribution in [0.5, 0.6) is 0 Å². The summed E-state index contributed by atoms with van der Waals surface area (Å²) in [5.74, 6) is 0.0298. The van der Waals surface area contributed by atoms with Crippen LogP contribution in [0.3, 0.4) is 0 Å². The number of benzene rings is 2. The number of rotatable bonds is 5. The monoisotopic (exact) mass is 446 g/mol. The van der Waals surface area contributed by atoms with Crippen LogP contribution in [0.2, 0.25) is 0 Å². The number of likely N-dealkylation sites (tertiary alicyclic amines) is 1. The predicted octanol–water partition coefficient (Wildman–Crippen LogP) is 3.54. The molecular formula is C27H34N4O2. The smallest absolute Gasteiger partial charge is 0.327 e. The molecule has 0 atom stereocenters. The lowest BCUT2D eigenvalue weighted by atomic mass is 9.85. The molecule has 2 aliphatic heterocycles. The molecule has 6 heteroatoms. The number of nitrogens with zero attached hydrogens (tertiary/aromatic N) is 4. The van der Waals surface area contributed by atoms with E-state index in [0.717, 1.165) is 32.5 Å². The number of carbonyl (C=O) groups is 2. The molecule has 6 nitrogen and oxygen atoms in total. The van der Waals surface area contributed by atoms with Crippen molar-refractivity contribution >= 4 is 17.6 Å². The van der Waals surface area contributed by atoms with E-state index in [4.69, 9.17) is 0 Å². The Morgan fingerprint density at radius 3 is 2.09 bits per heavy atom. The van der Waals surface area contributed by atoms with Gasteiger partial charge in [0.25, 0.3) is 5.91 Å². The Kier molecular flexibility index (Phi) is 5.65. The maximum Gasteiger partial charge on any atom is 0.327 e. The molecule has 0 radical (unpaired) electrons. The number of hydrogen-bond donors (Lipinski definition) is 0. The summed E-state index contributed by atoms with van der Waals surface area (Å²) < 4.78 is 0. The topological polar surface area (TPSA) is 47.1 Å². The number of amides is 3. The lowest BCUT2D eigenvalue weighted by Gasteiger charge is -2.42. The van der Waals surface area contributed by atoms with Crippen molar-refractivity contribution in [2.45, 2.75) is 50.7 Å². The normalized spacial score (nSPS) is 20.7. The summed E-state index contributed by atoms with van der Waals surface area (Å²) in [7, 11) is 4.10. The minimum atomic E-state index is -0.675. The Morgan fingerprint density at radius 2 is 1.55 bits per heavy atom. The molecule has 0 saturated carbocycles. The molecule has 0 aromatic heterocycles. The number of likely N-dealkylation sites (N-methyl/N-ethyl adjacent to an activating group) is 1. The van der Waals surface area contributed by atoms with Gasteiger partial charge in [-0.25, -0.2) is 4.79 Å². The first-order valence-corrected chi connectivity index (χ1v) is 12.1. The summed E-state index contributed by atoms with van der Waals surface area (Å²) in [5, 5.41) is 0. The quantitative estimate of drug-likeness (QED) is 0.659. The number of piperidine rings is 1. The van der Waals surface area contributed by atoms with E-state index >= 15 is 0 Å². The van der Waals surface area contributed by atoms with Gasteiger partial charge in [0.2, 0.25) is 0 Å². The Morgan fingerprint density at radius 1 is 0.939 bits per heavy atom. The van der Waals surface area contributed by atoms with Crippen molar-refractivity contribution in [2.24, 2.45) is 0 Å². The van der Waals surface area contributed by atoms with Crippen LogP contribution >= 0.6 is 0 Å². The molecule has 1 spiro atoms. The highest BCUT2D eigenvalue weighted by atomic mass is 16.2. The lowest BCUT2D eigenvalue weighted by Crippen LogP contribution is -2.56. The van der Waals surface area contributed by atoms with E-state index in [1.165, 1.54) is 22.4 Å². The number of imide groups is 1. The van der Waals surface area contributed by atoms with Crippen LogP contribution in [-0.4, -0.2) is 71.9 Å². The number of hydrogen-bond acceptors (Lipinski definition) is 4. The van der Waals surface area contributed by atoms with Crippen molar-refractivity contribution in [2.75, 3.05) is 38.6 Å². The molecule has 2 saturated heterocycles. The summed E-state index contributed by atoms with van der Waals surface area (Å²) in [6.45, 7) is 5.10. The van der Waals surface area contributed by atoms with Gasteiger partial charge in [0.15, 0.2) is 0 Å². The Bertz CT molecular complexity index is 1020. The second-order valence-corrected chi connectivity index (χ2v) is 9.90. The summed E-state index contributed by atoms with van der Waals surface area (Å²) in [6.07, 6.45) is 2.96. The van der Waals surface area contributed by atoms with Gasteiger partial charge in [-0.05, 0) is 61.4 Å². The number of anilines is 1. The zero-order valence-corrected chi connectivity index (χ0v) is 20.0. The van der Waals surface area contributed by atoms with Crippen molar-refractivity contribution < 1.29 is 9.59 Å². The van der Waals surface area contributed by atoms with Crippen LogP contribution < -0.4 is 4.90 Å². The van der Waals surface area contributed by atoms with Crippen LogP contribution in [0.15, 0.2) is 48.5 Å². The highest BCUT2D eigenvalue weighted by Crippen LogP contribution is 2.40. The average molecular weight is 447 g/mol. The molecule has 2 heterocycles. The molecule has 5 rings (SSSR count). The van der Waals surface area contributed by atoms with Crippen molar-refractivity contribution in [3.63, 3.8) is 0 Å². The largest absolute Gasteiger partial charge is 0.378 e. The van der Waals surface area contributed by atoms with Gasteiger partial charge < -0.3 is 9.80 Å². The molecule has 0 N–H and O–H groups in total. The molecule has 2 aromatic rings. The fourth-order valence-electron chi connectivity index (χ4n) is 5.94. The minimum absolute atomic E-state index is 0.0298. The Labute approximate surface area is 196 Å². The standard InChI is InChI=1S/C27H34N4O2/c1-4-30-26(33)31(24-17-21-7-5-6-8-22(21)18-24)25(32)27(30)13-15-29(16-14-27)19-20-9-11-23(12-10-20)28(2)3/h5-12,24H,4,13-19H2,1-3H3. The summed E-state index contributed by atoms with van der Waals surface area (Å²) in [5.41, 5.74) is 4.33. The van der Waals surface area contributed by atoms with Crippen molar-refractivity contribution in [1.82, 2.24) is 14.7 Å². The molecule has 3 aliphatic rings. The van der Waals surface area contributed by atoms with Gasteiger partial charge in [-0.2, -0.15) is 0 Å². The fraction of sp³-hybridized carbons (Fsp3) is 0.481. The van der Waals surface area contributed by atoms with Gasteiger partial charge in [0, 0.05) is 52.0 Å². The van der Waals surface area contributed by atoms with Crippen molar-refractivity contribution in [3.8, 4) is 0 Å². The first kappa shape index (κ1) is 22.0. The molecule has 0 unspecified atom stereocenters. The molecule has 2 fully saturated rings. The van der Waals surface area contributed by atoms with Gasteiger partial charge in [-0.1, -0.05) is 36.4 Å². The molecule has 1 aliphatic carbocycles. The minimum Gasteiger partial charge on any atom is -0.378 e. The number of carbonyl (C=O) groups excluding carboxylic acids is 2. The maximum atomic E-state index is 13.8. The SMILES string of the molecule is CCN1C(=O)N(C2Cc3ccccc3C2)C(=O)C12CCN(Cc1ccc(N(C)C)cc1)CC2. The Hall–Kier alpha value is -2.86. The van der Waals surface area contributed by atoms with Gasteiger partial charge in [-0.15, -0.1) is 0 Å². The molecular weight excluding hydrogens is 412 g/mol. The van der Waals surface area contributed by atoms with Crippen LogP contribution in [-0.2, 0) is 24.2 Å². The summed E-state index contributed by atoms with van der Waals surface area (Å²) >= 11 is 0. The van der Waals surface area contributed by atoms with E-state index in [0.29, 0.717) is 19.4 Å². The summed E-state index contributed by atoms with van der Waals surface area (Å²) in [4.78, 5) is 35.2. The molecule has 33 heavy (non-hydrogen) atoms. The summed E-state index contributed by atoms with van der Waals surface area (Å²) in [6, 6.07) is 16.8. The third-order valence-electron chi connectivity index (χ3n) is 7.82. The van der Waals surface area contributed by atoms with E-state index in [1.807, 2.05) is 38.1 Å². The maximum absolute atomic E-state index is 13.8.